The maximum Gasteiger partial charge on any atom is 0.262 e. The van der Waals surface area contributed by atoms with Crippen molar-refractivity contribution in [3.05, 3.63) is 101 Å². The van der Waals surface area contributed by atoms with Gasteiger partial charge in [-0.3, -0.25) is 9.59 Å². The monoisotopic (exact) mass is 443 g/mol. The molecule has 0 aliphatic carbocycles. The van der Waals surface area contributed by atoms with Crippen molar-refractivity contribution in [2.75, 3.05) is 11.9 Å². The highest BCUT2D eigenvalue weighted by atomic mass is 19.1. The highest BCUT2D eigenvalue weighted by Crippen LogP contribution is 2.22. The van der Waals surface area contributed by atoms with Crippen LogP contribution >= 0.6 is 0 Å². The van der Waals surface area contributed by atoms with Crippen LogP contribution in [0.4, 0.5) is 10.1 Å². The number of carbonyl (C=O) groups is 2. The van der Waals surface area contributed by atoms with Gasteiger partial charge in [-0.25, -0.2) is 4.39 Å². The number of rotatable bonds is 8. The van der Waals surface area contributed by atoms with Gasteiger partial charge in [-0.2, -0.15) is 5.26 Å². The van der Waals surface area contributed by atoms with Gasteiger partial charge in [0, 0.05) is 11.3 Å². The Kier molecular flexibility index (Phi) is 7.92. The van der Waals surface area contributed by atoms with Crippen molar-refractivity contribution in [2.24, 2.45) is 0 Å². The number of benzene rings is 3. The zero-order valence-electron chi connectivity index (χ0n) is 17.9. The van der Waals surface area contributed by atoms with E-state index >= 15 is 0 Å². The summed E-state index contributed by atoms with van der Waals surface area (Å²) in [6.07, 6.45) is 1.42. The maximum atomic E-state index is 13.0. The molecule has 6 nitrogen and oxygen atoms in total. The van der Waals surface area contributed by atoms with Crippen LogP contribution in [0.15, 0.2) is 84.4 Å². The van der Waals surface area contributed by atoms with E-state index in [4.69, 9.17) is 4.74 Å². The standard InChI is InChI=1S/C26H22FN3O3/c1-18(19-7-3-2-4-8-19)29-26(32)21(16-28)15-20-9-5-6-10-24(20)33-17-25(31)30-23-13-11-22(27)12-14-23/h2-15,18H,17H2,1H3,(H,29,32)(H,30,31)/b21-15-/t18-/m0/s1. The van der Waals surface area contributed by atoms with Crippen molar-refractivity contribution in [1.82, 2.24) is 5.32 Å². The molecule has 0 aliphatic rings. The second kappa shape index (κ2) is 11.3. The molecule has 0 aliphatic heterocycles. The second-order valence-electron chi connectivity index (χ2n) is 7.16. The summed E-state index contributed by atoms with van der Waals surface area (Å²) in [5, 5.41) is 14.9. The number of hydrogen-bond donors (Lipinski definition) is 2. The number of hydrogen-bond acceptors (Lipinski definition) is 4. The van der Waals surface area contributed by atoms with Crippen LogP contribution in [0.3, 0.4) is 0 Å². The normalized spacial score (nSPS) is 11.7. The third kappa shape index (κ3) is 6.77. The minimum Gasteiger partial charge on any atom is -0.483 e. The smallest absolute Gasteiger partial charge is 0.262 e. The summed E-state index contributed by atoms with van der Waals surface area (Å²) in [4.78, 5) is 24.8. The summed E-state index contributed by atoms with van der Waals surface area (Å²) in [5.74, 6) is -1.02. The van der Waals surface area contributed by atoms with Crippen molar-refractivity contribution in [3.8, 4) is 11.8 Å². The number of para-hydroxylation sites is 1. The number of amides is 2. The summed E-state index contributed by atoms with van der Waals surface area (Å²) < 4.78 is 18.6. The van der Waals surface area contributed by atoms with Gasteiger partial charge in [0.15, 0.2) is 6.61 Å². The molecule has 0 radical (unpaired) electrons. The molecule has 33 heavy (non-hydrogen) atoms. The average molecular weight is 443 g/mol. The predicted molar refractivity (Wildman–Crippen MR) is 124 cm³/mol. The van der Waals surface area contributed by atoms with Crippen LogP contribution < -0.4 is 15.4 Å². The van der Waals surface area contributed by atoms with Crippen molar-refractivity contribution in [1.29, 1.82) is 5.26 Å². The molecule has 0 aromatic heterocycles. The average Bonchev–Trinajstić information content (AvgIpc) is 2.83. The van der Waals surface area contributed by atoms with E-state index in [1.54, 1.807) is 24.3 Å². The SMILES string of the molecule is C[C@H](NC(=O)/C(C#N)=C\c1ccccc1OCC(=O)Nc1ccc(F)cc1)c1ccccc1. The lowest BCUT2D eigenvalue weighted by Crippen LogP contribution is -2.27. The van der Waals surface area contributed by atoms with Crippen molar-refractivity contribution < 1.29 is 18.7 Å². The third-order valence-corrected chi connectivity index (χ3v) is 4.72. The minimum atomic E-state index is -0.516. The van der Waals surface area contributed by atoms with E-state index < -0.39 is 17.6 Å². The molecule has 0 fully saturated rings. The molecule has 0 heterocycles. The fraction of sp³-hybridized carbons (Fsp3) is 0.115. The Morgan fingerprint density at radius 3 is 2.39 bits per heavy atom. The Morgan fingerprint density at radius 1 is 1.03 bits per heavy atom. The summed E-state index contributed by atoms with van der Waals surface area (Å²) in [6.45, 7) is 1.53. The maximum absolute atomic E-state index is 13.0. The molecule has 3 aromatic carbocycles. The van der Waals surface area contributed by atoms with Gasteiger partial charge in [-0.05, 0) is 48.9 Å². The molecule has 3 rings (SSSR count). The van der Waals surface area contributed by atoms with Gasteiger partial charge in [0.2, 0.25) is 0 Å². The summed E-state index contributed by atoms with van der Waals surface area (Å²) in [6, 6.07) is 23.2. The Labute approximate surface area is 191 Å². The van der Waals surface area contributed by atoms with E-state index in [9.17, 15) is 19.2 Å². The van der Waals surface area contributed by atoms with Crippen molar-refractivity contribution in [3.63, 3.8) is 0 Å². The minimum absolute atomic E-state index is 0.0930. The molecule has 0 bridgehead atoms. The molecule has 0 unspecified atom stereocenters. The molecule has 2 amide bonds. The number of anilines is 1. The largest absolute Gasteiger partial charge is 0.483 e. The van der Waals surface area contributed by atoms with Crippen LogP contribution in [0.2, 0.25) is 0 Å². The lowest BCUT2D eigenvalue weighted by atomic mass is 10.1. The van der Waals surface area contributed by atoms with Crippen LogP contribution in [-0.4, -0.2) is 18.4 Å². The van der Waals surface area contributed by atoms with Crippen molar-refractivity contribution in [2.45, 2.75) is 13.0 Å². The summed E-state index contributed by atoms with van der Waals surface area (Å²) in [7, 11) is 0. The Hall–Kier alpha value is -4.44. The van der Waals surface area contributed by atoms with Gasteiger partial charge in [0.05, 0.1) is 6.04 Å². The van der Waals surface area contributed by atoms with Crippen LogP contribution in [0.25, 0.3) is 6.08 Å². The highest BCUT2D eigenvalue weighted by Gasteiger charge is 2.15. The van der Waals surface area contributed by atoms with Crippen LogP contribution in [0.5, 0.6) is 5.75 Å². The third-order valence-electron chi connectivity index (χ3n) is 4.72. The molecule has 0 saturated carbocycles. The van der Waals surface area contributed by atoms with Gasteiger partial charge >= 0.3 is 0 Å². The summed E-state index contributed by atoms with van der Waals surface area (Å²) >= 11 is 0. The molecular formula is C26H22FN3O3. The van der Waals surface area contributed by atoms with Crippen LogP contribution in [0.1, 0.15) is 24.1 Å². The number of nitriles is 1. The van der Waals surface area contributed by atoms with Gasteiger partial charge in [0.25, 0.3) is 11.8 Å². The van der Waals surface area contributed by atoms with E-state index in [-0.39, 0.29) is 18.2 Å². The first-order valence-corrected chi connectivity index (χ1v) is 10.2. The number of carbonyl (C=O) groups excluding carboxylic acids is 2. The first-order chi connectivity index (χ1) is 16.0. The lowest BCUT2D eigenvalue weighted by Gasteiger charge is -2.14. The van der Waals surface area contributed by atoms with E-state index in [2.05, 4.69) is 10.6 Å². The Bertz CT molecular complexity index is 1190. The van der Waals surface area contributed by atoms with Crippen LogP contribution in [-0.2, 0) is 9.59 Å². The summed E-state index contributed by atoms with van der Waals surface area (Å²) in [5.41, 5.74) is 1.74. The molecular weight excluding hydrogens is 421 g/mol. The Balaban J connectivity index is 1.67. The lowest BCUT2D eigenvalue weighted by molar-refractivity contribution is -0.118. The topological polar surface area (TPSA) is 91.2 Å². The quantitative estimate of drug-likeness (QED) is 0.392. The number of nitrogens with one attached hydrogen (secondary N) is 2. The van der Waals surface area contributed by atoms with Gasteiger partial charge in [0.1, 0.15) is 23.2 Å². The molecule has 2 N–H and O–H groups in total. The first kappa shape index (κ1) is 23.2. The van der Waals surface area contributed by atoms with Crippen LogP contribution in [0, 0.1) is 17.1 Å². The zero-order chi connectivity index (χ0) is 23.6. The number of nitrogens with zero attached hydrogens (tertiary/aromatic N) is 1. The Morgan fingerprint density at radius 2 is 1.70 bits per heavy atom. The van der Waals surface area contributed by atoms with E-state index in [1.807, 2.05) is 43.3 Å². The molecule has 1 atom stereocenters. The first-order valence-electron chi connectivity index (χ1n) is 10.2. The molecule has 166 valence electrons. The van der Waals surface area contributed by atoms with Gasteiger partial charge in [-0.1, -0.05) is 48.5 Å². The highest BCUT2D eigenvalue weighted by molar-refractivity contribution is 6.02. The van der Waals surface area contributed by atoms with E-state index in [1.165, 1.54) is 30.3 Å². The molecule has 0 spiro atoms. The van der Waals surface area contributed by atoms with Gasteiger partial charge < -0.3 is 15.4 Å². The number of ether oxygens (including phenoxy) is 1. The molecule has 7 heteroatoms. The molecule has 0 saturated heterocycles. The fourth-order valence-electron chi connectivity index (χ4n) is 3.01. The second-order valence-corrected chi connectivity index (χ2v) is 7.16. The fourth-order valence-corrected chi connectivity index (χ4v) is 3.01. The molecule has 3 aromatic rings. The predicted octanol–water partition coefficient (Wildman–Crippen LogP) is 4.63. The van der Waals surface area contributed by atoms with E-state index in [0.29, 0.717) is 17.0 Å². The number of halogens is 1. The van der Waals surface area contributed by atoms with Crippen molar-refractivity contribution >= 4 is 23.6 Å². The zero-order valence-corrected chi connectivity index (χ0v) is 17.9. The van der Waals surface area contributed by atoms with E-state index in [0.717, 1.165) is 5.56 Å². The van der Waals surface area contributed by atoms with Gasteiger partial charge in [-0.15, -0.1) is 0 Å².